The minimum atomic E-state index is 1.14. The molecule has 0 atom stereocenters. The molecule has 0 aliphatic rings. The molecule has 0 radical (unpaired) electrons. The van der Waals surface area contributed by atoms with Gasteiger partial charge in [-0.1, -0.05) is 158 Å². The summed E-state index contributed by atoms with van der Waals surface area (Å²) in [6.07, 6.45) is 0. The molecule has 2 nitrogen and oxygen atoms in total. The fraction of sp³-hybridized carbons (Fsp3) is 0. The highest BCUT2D eigenvalue weighted by Gasteiger charge is 2.25. The van der Waals surface area contributed by atoms with E-state index in [-0.39, 0.29) is 0 Å². The van der Waals surface area contributed by atoms with Crippen LogP contribution in [0, 0.1) is 0 Å². The van der Waals surface area contributed by atoms with Crippen molar-refractivity contribution in [2.45, 2.75) is 0 Å². The zero-order chi connectivity index (χ0) is 34.2. The number of rotatable bonds is 4. The van der Waals surface area contributed by atoms with Crippen molar-refractivity contribution in [3.63, 3.8) is 0 Å². The molecule has 0 aliphatic carbocycles. The molecular formula is C50H32N2. The molecule has 2 heterocycles. The summed E-state index contributed by atoms with van der Waals surface area (Å²) >= 11 is 0. The van der Waals surface area contributed by atoms with Crippen molar-refractivity contribution >= 4 is 65.2 Å². The second-order valence-electron chi connectivity index (χ2n) is 13.7. The van der Waals surface area contributed by atoms with Crippen molar-refractivity contribution in [2.24, 2.45) is 0 Å². The zero-order valence-electron chi connectivity index (χ0n) is 28.4. The molecule has 0 aliphatic heterocycles. The molecule has 0 saturated heterocycles. The Morgan fingerprint density at radius 3 is 1.56 bits per heavy atom. The van der Waals surface area contributed by atoms with Crippen molar-refractivity contribution in [1.29, 1.82) is 0 Å². The summed E-state index contributed by atoms with van der Waals surface area (Å²) in [7, 11) is 0. The van der Waals surface area contributed by atoms with Gasteiger partial charge in [0.1, 0.15) is 0 Å². The van der Waals surface area contributed by atoms with Crippen molar-refractivity contribution in [3.8, 4) is 33.6 Å². The van der Waals surface area contributed by atoms with Gasteiger partial charge in [0.15, 0.2) is 0 Å². The summed E-state index contributed by atoms with van der Waals surface area (Å²) in [4.78, 5) is 0. The fourth-order valence-electron chi connectivity index (χ4n) is 8.71. The predicted octanol–water partition coefficient (Wildman–Crippen LogP) is 13.5. The van der Waals surface area contributed by atoms with Crippen LogP contribution in [0.1, 0.15) is 0 Å². The Balaban J connectivity index is 1.30. The summed E-state index contributed by atoms with van der Waals surface area (Å²) in [6, 6.07) is 70.8. The highest BCUT2D eigenvalue weighted by Crippen LogP contribution is 2.48. The molecule has 11 rings (SSSR count). The Hall–Kier alpha value is -6.90. The first-order chi connectivity index (χ1) is 25.8. The number of para-hydroxylation sites is 2. The van der Waals surface area contributed by atoms with E-state index in [1.165, 1.54) is 87.4 Å². The number of fused-ring (bicyclic) bond motifs is 12. The Bertz CT molecular complexity index is 3150. The average Bonchev–Trinajstić information content (AvgIpc) is 3.76. The lowest BCUT2D eigenvalue weighted by Crippen LogP contribution is -1.96. The SMILES string of the molecule is c1ccc(-c2ccccc2-c2ccc(-n3c4ccc5ccccc5c4c4c5ccccc5c5c(c6ccccc6n5-c5ccccc5)c43)cc2)cc1. The number of hydrogen-bond donors (Lipinski definition) is 0. The van der Waals surface area contributed by atoms with Crippen LogP contribution in [-0.4, -0.2) is 9.13 Å². The molecule has 242 valence electrons. The lowest BCUT2D eigenvalue weighted by Gasteiger charge is -2.14. The van der Waals surface area contributed by atoms with E-state index < -0.39 is 0 Å². The molecule has 2 aromatic heterocycles. The van der Waals surface area contributed by atoms with Crippen LogP contribution in [-0.2, 0) is 0 Å². The van der Waals surface area contributed by atoms with Crippen LogP contribution in [0.25, 0.3) is 98.8 Å². The van der Waals surface area contributed by atoms with Gasteiger partial charge in [-0.25, -0.2) is 0 Å². The molecule has 0 spiro atoms. The van der Waals surface area contributed by atoms with E-state index in [9.17, 15) is 0 Å². The van der Waals surface area contributed by atoms with Gasteiger partial charge in [0.05, 0.1) is 22.1 Å². The maximum atomic E-state index is 2.53. The predicted molar refractivity (Wildman–Crippen MR) is 221 cm³/mol. The van der Waals surface area contributed by atoms with Crippen LogP contribution in [0.3, 0.4) is 0 Å². The van der Waals surface area contributed by atoms with Crippen LogP contribution in [0.2, 0.25) is 0 Å². The van der Waals surface area contributed by atoms with Gasteiger partial charge in [0.2, 0.25) is 0 Å². The summed E-state index contributed by atoms with van der Waals surface area (Å²) in [6.45, 7) is 0. The first-order valence-electron chi connectivity index (χ1n) is 18.0. The quantitative estimate of drug-likeness (QED) is 0.178. The summed E-state index contributed by atoms with van der Waals surface area (Å²) in [5.41, 5.74) is 12.1. The number of benzene rings is 9. The second-order valence-corrected chi connectivity index (χ2v) is 13.7. The minimum absolute atomic E-state index is 1.14. The van der Waals surface area contributed by atoms with Gasteiger partial charge in [-0.2, -0.15) is 0 Å². The molecule has 9 aromatic carbocycles. The van der Waals surface area contributed by atoms with Crippen LogP contribution in [0.5, 0.6) is 0 Å². The van der Waals surface area contributed by atoms with Gasteiger partial charge in [0, 0.05) is 38.3 Å². The highest BCUT2D eigenvalue weighted by molar-refractivity contribution is 6.39. The van der Waals surface area contributed by atoms with Gasteiger partial charge < -0.3 is 9.13 Å². The number of hydrogen-bond acceptors (Lipinski definition) is 0. The first kappa shape index (κ1) is 28.9. The van der Waals surface area contributed by atoms with Gasteiger partial charge in [-0.15, -0.1) is 0 Å². The third-order valence-electron chi connectivity index (χ3n) is 10.9. The number of aromatic nitrogens is 2. The van der Waals surface area contributed by atoms with E-state index >= 15 is 0 Å². The molecule has 0 saturated carbocycles. The van der Waals surface area contributed by atoms with Gasteiger partial charge in [-0.3, -0.25) is 0 Å². The van der Waals surface area contributed by atoms with E-state index in [4.69, 9.17) is 0 Å². The van der Waals surface area contributed by atoms with Crippen LogP contribution < -0.4 is 0 Å². The smallest absolute Gasteiger partial charge is 0.0648 e. The molecule has 0 bridgehead atoms. The third-order valence-corrected chi connectivity index (χ3v) is 10.9. The van der Waals surface area contributed by atoms with Gasteiger partial charge in [0.25, 0.3) is 0 Å². The second kappa shape index (κ2) is 11.3. The lowest BCUT2D eigenvalue weighted by atomic mass is 9.94. The average molecular weight is 661 g/mol. The molecule has 0 N–H and O–H groups in total. The molecule has 0 fully saturated rings. The minimum Gasteiger partial charge on any atom is -0.309 e. The molecule has 0 unspecified atom stereocenters. The monoisotopic (exact) mass is 660 g/mol. The topological polar surface area (TPSA) is 9.86 Å². The maximum absolute atomic E-state index is 2.53. The van der Waals surface area contributed by atoms with E-state index in [0.29, 0.717) is 0 Å². The zero-order valence-corrected chi connectivity index (χ0v) is 28.4. The Morgan fingerprint density at radius 1 is 0.269 bits per heavy atom. The normalized spacial score (nSPS) is 11.8. The highest BCUT2D eigenvalue weighted by atomic mass is 15.0. The molecule has 11 aromatic rings. The summed E-state index contributed by atoms with van der Waals surface area (Å²) in [5.74, 6) is 0. The maximum Gasteiger partial charge on any atom is 0.0648 e. The van der Waals surface area contributed by atoms with Crippen molar-refractivity contribution < 1.29 is 0 Å². The molecular weight excluding hydrogens is 629 g/mol. The Morgan fingerprint density at radius 2 is 0.808 bits per heavy atom. The van der Waals surface area contributed by atoms with Crippen molar-refractivity contribution in [3.05, 3.63) is 194 Å². The van der Waals surface area contributed by atoms with E-state index in [0.717, 1.165) is 11.4 Å². The molecule has 2 heteroatoms. The molecule has 0 amide bonds. The van der Waals surface area contributed by atoms with E-state index in [1.54, 1.807) is 0 Å². The summed E-state index contributed by atoms with van der Waals surface area (Å²) < 4.78 is 5.00. The van der Waals surface area contributed by atoms with E-state index in [1.807, 2.05) is 0 Å². The van der Waals surface area contributed by atoms with E-state index in [2.05, 4.69) is 203 Å². The Kier molecular flexibility index (Phi) is 6.28. The first-order valence-corrected chi connectivity index (χ1v) is 18.0. The standard InChI is InChI=1S/C50H32N2/c1-3-15-33(16-4-1)38-20-9-10-21-39(38)35-27-30-37(31-28-35)52-45-32-29-34-17-7-8-22-40(34)46(45)47-41-23-11-12-24-42(41)49-48(50(47)52)43-25-13-14-26-44(43)51(49)36-18-5-2-6-19-36/h1-32H. The lowest BCUT2D eigenvalue weighted by molar-refractivity contribution is 1.18. The molecule has 52 heavy (non-hydrogen) atoms. The Labute approximate surface area is 301 Å². The van der Waals surface area contributed by atoms with Crippen LogP contribution in [0.4, 0.5) is 0 Å². The fourth-order valence-corrected chi connectivity index (χ4v) is 8.71. The van der Waals surface area contributed by atoms with Gasteiger partial charge in [-0.05, 0) is 74.8 Å². The number of nitrogens with zero attached hydrogens (tertiary/aromatic N) is 2. The third kappa shape index (κ3) is 4.12. The van der Waals surface area contributed by atoms with Crippen LogP contribution >= 0.6 is 0 Å². The van der Waals surface area contributed by atoms with Gasteiger partial charge >= 0.3 is 0 Å². The van der Waals surface area contributed by atoms with Crippen molar-refractivity contribution in [1.82, 2.24) is 9.13 Å². The van der Waals surface area contributed by atoms with Crippen molar-refractivity contribution in [2.75, 3.05) is 0 Å². The largest absolute Gasteiger partial charge is 0.309 e. The summed E-state index contributed by atoms with van der Waals surface area (Å²) in [5, 5.41) is 10.1. The van der Waals surface area contributed by atoms with Crippen LogP contribution in [0.15, 0.2) is 194 Å².